The summed E-state index contributed by atoms with van der Waals surface area (Å²) in [6.45, 7) is 0. The average molecular weight is 220 g/mol. The minimum absolute atomic E-state index is 0.0796. The molecule has 0 amide bonds. The predicted octanol–water partition coefficient (Wildman–Crippen LogP) is 1.64. The first-order valence-electron chi connectivity index (χ1n) is 5.04. The summed E-state index contributed by atoms with van der Waals surface area (Å²) >= 11 is 0. The number of hydrogen-bond donors (Lipinski definition) is 0. The van der Waals surface area contributed by atoms with Crippen LogP contribution < -0.4 is 4.74 Å². The van der Waals surface area contributed by atoms with Gasteiger partial charge in [-0.05, 0) is 17.7 Å². The third-order valence-corrected chi connectivity index (χ3v) is 2.49. The van der Waals surface area contributed by atoms with Gasteiger partial charge in [0.2, 0.25) is 0 Å². The molecule has 0 aromatic heterocycles. The minimum atomic E-state index is -0.469. The van der Waals surface area contributed by atoms with Gasteiger partial charge in [0.25, 0.3) is 0 Å². The van der Waals surface area contributed by atoms with Gasteiger partial charge in [0.1, 0.15) is 24.1 Å². The highest BCUT2D eigenvalue weighted by molar-refractivity contribution is 5.97. The van der Waals surface area contributed by atoms with Gasteiger partial charge < -0.3 is 9.47 Å². The molecular weight excluding hydrogens is 208 g/mol. The Hall–Kier alpha value is -1.84. The van der Waals surface area contributed by atoms with E-state index in [1.54, 1.807) is 25.3 Å². The Kier molecular flexibility index (Phi) is 2.90. The molecule has 0 saturated carbocycles. The number of ketones is 1. The number of carbonyl (C=O) groups is 2. The Morgan fingerprint density at radius 3 is 2.88 bits per heavy atom. The lowest BCUT2D eigenvalue weighted by Crippen LogP contribution is -2.24. The molecule has 1 aliphatic heterocycles. The lowest BCUT2D eigenvalue weighted by molar-refractivity contribution is -0.158. The Morgan fingerprint density at radius 1 is 1.38 bits per heavy atom. The van der Waals surface area contributed by atoms with Crippen molar-refractivity contribution in [1.82, 2.24) is 0 Å². The average Bonchev–Trinajstić information content (AvgIpc) is 2.28. The standard InChI is InChI=1S/C12H12O4/c1-15-10-4-2-3-8(5-10)11-6-9(13)7-12(14)16-11/h2-5,11H,6-7H2,1H3. The number of Topliss-reactive ketones (excluding diaryl/α,β-unsaturated/α-hetero) is 1. The van der Waals surface area contributed by atoms with Crippen molar-refractivity contribution in [2.75, 3.05) is 7.11 Å². The fourth-order valence-electron chi connectivity index (χ4n) is 1.71. The van der Waals surface area contributed by atoms with Crippen molar-refractivity contribution in [2.24, 2.45) is 0 Å². The van der Waals surface area contributed by atoms with Crippen LogP contribution in [0.25, 0.3) is 0 Å². The molecule has 84 valence electrons. The minimum Gasteiger partial charge on any atom is -0.497 e. The molecule has 1 aliphatic rings. The molecule has 1 heterocycles. The first-order chi connectivity index (χ1) is 7.69. The van der Waals surface area contributed by atoms with Crippen molar-refractivity contribution in [2.45, 2.75) is 18.9 Å². The molecule has 1 aromatic carbocycles. The first-order valence-corrected chi connectivity index (χ1v) is 5.04. The van der Waals surface area contributed by atoms with Crippen LogP contribution >= 0.6 is 0 Å². The van der Waals surface area contributed by atoms with E-state index in [2.05, 4.69) is 0 Å². The van der Waals surface area contributed by atoms with Gasteiger partial charge in [0, 0.05) is 6.42 Å². The monoisotopic (exact) mass is 220 g/mol. The number of ether oxygens (including phenoxy) is 2. The van der Waals surface area contributed by atoms with E-state index < -0.39 is 12.1 Å². The van der Waals surface area contributed by atoms with E-state index in [4.69, 9.17) is 9.47 Å². The summed E-state index contributed by atoms with van der Waals surface area (Å²) in [4.78, 5) is 22.4. The van der Waals surface area contributed by atoms with Gasteiger partial charge in [-0.15, -0.1) is 0 Å². The summed E-state index contributed by atoms with van der Waals surface area (Å²) in [5.74, 6) is 0.153. The Morgan fingerprint density at radius 2 is 2.19 bits per heavy atom. The maximum absolute atomic E-state index is 11.3. The Bertz CT molecular complexity index is 409. The van der Waals surface area contributed by atoms with Crippen molar-refractivity contribution in [3.05, 3.63) is 29.8 Å². The second kappa shape index (κ2) is 4.35. The van der Waals surface area contributed by atoms with E-state index in [9.17, 15) is 9.59 Å². The Labute approximate surface area is 93.2 Å². The van der Waals surface area contributed by atoms with Crippen molar-refractivity contribution in [3.63, 3.8) is 0 Å². The van der Waals surface area contributed by atoms with Crippen molar-refractivity contribution in [1.29, 1.82) is 0 Å². The second-order valence-corrected chi connectivity index (χ2v) is 3.67. The summed E-state index contributed by atoms with van der Waals surface area (Å²) in [5, 5.41) is 0. The molecule has 4 nitrogen and oxygen atoms in total. The van der Waals surface area contributed by atoms with Gasteiger partial charge in [0.15, 0.2) is 0 Å². The lowest BCUT2D eigenvalue weighted by Gasteiger charge is -2.22. The van der Waals surface area contributed by atoms with E-state index in [1.807, 2.05) is 6.07 Å². The van der Waals surface area contributed by atoms with E-state index in [1.165, 1.54) is 0 Å². The van der Waals surface area contributed by atoms with E-state index in [-0.39, 0.29) is 18.6 Å². The molecule has 0 radical (unpaired) electrons. The topological polar surface area (TPSA) is 52.6 Å². The van der Waals surface area contributed by atoms with Crippen LogP contribution in [-0.4, -0.2) is 18.9 Å². The molecule has 0 aliphatic carbocycles. The molecular formula is C12H12O4. The summed E-state index contributed by atoms with van der Waals surface area (Å²) in [6, 6.07) is 7.20. The van der Waals surface area contributed by atoms with Crippen LogP contribution in [0.1, 0.15) is 24.5 Å². The number of benzene rings is 1. The Balaban J connectivity index is 2.22. The number of carbonyl (C=O) groups excluding carboxylic acids is 2. The molecule has 1 aromatic rings. The zero-order valence-electron chi connectivity index (χ0n) is 8.93. The van der Waals surface area contributed by atoms with Crippen LogP contribution in [-0.2, 0) is 14.3 Å². The molecule has 0 bridgehead atoms. The number of esters is 1. The summed E-state index contributed by atoms with van der Waals surface area (Å²) < 4.78 is 10.2. The third-order valence-electron chi connectivity index (χ3n) is 2.49. The van der Waals surface area contributed by atoms with E-state index in [0.29, 0.717) is 5.75 Å². The predicted molar refractivity (Wildman–Crippen MR) is 56.1 cm³/mol. The van der Waals surface area contributed by atoms with Crippen LogP contribution in [0.4, 0.5) is 0 Å². The van der Waals surface area contributed by atoms with Crippen LogP contribution in [0.2, 0.25) is 0 Å². The molecule has 4 heteroatoms. The van der Waals surface area contributed by atoms with E-state index >= 15 is 0 Å². The molecule has 1 unspecified atom stereocenters. The number of hydrogen-bond acceptors (Lipinski definition) is 4. The quantitative estimate of drug-likeness (QED) is 0.561. The first kappa shape index (κ1) is 10.7. The van der Waals surface area contributed by atoms with E-state index in [0.717, 1.165) is 5.56 Å². The highest BCUT2D eigenvalue weighted by atomic mass is 16.5. The summed E-state index contributed by atoms with van der Waals surface area (Å²) in [7, 11) is 1.57. The molecule has 1 saturated heterocycles. The highest BCUT2D eigenvalue weighted by Gasteiger charge is 2.27. The zero-order valence-corrected chi connectivity index (χ0v) is 8.93. The number of methoxy groups -OCH3 is 1. The molecule has 0 N–H and O–H groups in total. The summed E-state index contributed by atoms with van der Waals surface area (Å²) in [5.41, 5.74) is 0.792. The summed E-state index contributed by atoms with van der Waals surface area (Å²) in [6.07, 6.45) is -0.330. The fourth-order valence-corrected chi connectivity index (χ4v) is 1.71. The van der Waals surface area contributed by atoms with Gasteiger partial charge in [-0.25, -0.2) is 0 Å². The van der Waals surface area contributed by atoms with Gasteiger partial charge in [-0.1, -0.05) is 12.1 Å². The maximum atomic E-state index is 11.3. The highest BCUT2D eigenvalue weighted by Crippen LogP contribution is 2.28. The van der Waals surface area contributed by atoms with Crippen molar-refractivity contribution >= 4 is 11.8 Å². The van der Waals surface area contributed by atoms with Gasteiger partial charge in [0.05, 0.1) is 7.11 Å². The SMILES string of the molecule is COc1cccc(C2CC(=O)CC(=O)O2)c1. The number of cyclic esters (lactones) is 1. The second-order valence-electron chi connectivity index (χ2n) is 3.67. The van der Waals surface area contributed by atoms with Crippen molar-refractivity contribution < 1.29 is 19.1 Å². The maximum Gasteiger partial charge on any atom is 0.313 e. The van der Waals surface area contributed by atoms with Crippen molar-refractivity contribution in [3.8, 4) is 5.75 Å². The normalized spacial score (nSPS) is 20.4. The smallest absolute Gasteiger partial charge is 0.313 e. The van der Waals surface area contributed by atoms with Crippen LogP contribution in [0, 0.1) is 0 Å². The largest absolute Gasteiger partial charge is 0.497 e. The fraction of sp³-hybridized carbons (Fsp3) is 0.333. The molecule has 16 heavy (non-hydrogen) atoms. The number of rotatable bonds is 2. The molecule has 1 atom stereocenters. The molecule has 2 rings (SSSR count). The van der Waals surface area contributed by atoms with Gasteiger partial charge >= 0.3 is 5.97 Å². The molecule has 0 spiro atoms. The molecule has 1 fully saturated rings. The zero-order chi connectivity index (χ0) is 11.5. The van der Waals surface area contributed by atoms with Gasteiger partial charge in [-0.3, -0.25) is 9.59 Å². The van der Waals surface area contributed by atoms with Gasteiger partial charge in [-0.2, -0.15) is 0 Å². The van der Waals surface area contributed by atoms with Crippen LogP contribution in [0.15, 0.2) is 24.3 Å². The van der Waals surface area contributed by atoms with Crippen LogP contribution in [0.3, 0.4) is 0 Å². The lowest BCUT2D eigenvalue weighted by atomic mass is 10.00. The third kappa shape index (κ3) is 2.21. The van der Waals surface area contributed by atoms with Crippen LogP contribution in [0.5, 0.6) is 5.75 Å².